The standard InChI is InChI=1S/C78H107N23O11/c1-41(2)32-59(95-66(102)52(79)22-15-29-86-76(80)81)68(104)96-61(34-45-38-90-54-24-12-8-19-49(45)54)70(106)98-63(36-47-40-92-56-26-14-10-21-51(47)56)72(108)100-65(43(5)6)74(110)101-64(42(3)4)73(109)99-62(35-46-39-91-55-25-13-9-20-50(46)55)71(107)97-60(33-44-37-89-53-23-11-7-18-48(44)53)69(105)93-57(27-16-30-87-77(82)83)67(103)94-58(75(111)112)28-17-31-88-78(84)85/h7-14,18-21,23-26,37-43,52,57-65,89-92H,15-17,22,27-36,79H2,1-6H3,(H,93,105)(H,94,103)(H,95,102)(H,96,104)(H,97,107)(H,98,106)(H,99,109)(H,100,108)(H,101,110)(H,111,112)(H4,80,81,86)(H4,82,83,87)(H4,84,85,88)/t52-,57-,58-,59-,60-,61-,62-,63-,64-,65-/m0/s1. The zero-order chi connectivity index (χ0) is 81.3. The van der Waals surface area contributed by atoms with Gasteiger partial charge in [-0.3, -0.25) is 59.4 Å². The van der Waals surface area contributed by atoms with Crippen LogP contribution in [0.2, 0.25) is 0 Å². The van der Waals surface area contributed by atoms with Gasteiger partial charge in [-0.15, -0.1) is 0 Å². The summed E-state index contributed by atoms with van der Waals surface area (Å²) >= 11 is 0. The summed E-state index contributed by atoms with van der Waals surface area (Å²) < 4.78 is 0. The number of carbonyl (C=O) groups excluding carboxylic acids is 9. The zero-order valence-electron chi connectivity index (χ0n) is 63.8. The smallest absolute Gasteiger partial charge is 0.326 e. The predicted molar refractivity (Wildman–Crippen MR) is 428 cm³/mol. The molecule has 4 heterocycles. The molecule has 4 aromatic carbocycles. The van der Waals surface area contributed by atoms with Gasteiger partial charge in [0.1, 0.15) is 54.4 Å². The van der Waals surface area contributed by atoms with Crippen molar-refractivity contribution in [1.82, 2.24) is 83.7 Å². The highest BCUT2D eigenvalue weighted by atomic mass is 16.4. The minimum Gasteiger partial charge on any atom is -0.480 e. The number of carboxylic acids is 1. The number of amides is 9. The third kappa shape index (κ3) is 24.5. The molecule has 9 amide bonds. The van der Waals surface area contributed by atoms with E-state index in [0.29, 0.717) is 50.5 Å². The van der Waals surface area contributed by atoms with Gasteiger partial charge in [0.15, 0.2) is 17.9 Å². The molecule has 0 aliphatic rings. The number of carboxylic acid groups (broad SMARTS) is 1. The number of guanidine groups is 3. The number of fused-ring (bicyclic) bond motifs is 4. The van der Waals surface area contributed by atoms with Crippen LogP contribution in [0.5, 0.6) is 0 Å². The monoisotopic (exact) mass is 1540 g/mol. The number of aliphatic carboxylic acids is 1. The number of nitrogens with one attached hydrogen (secondary N) is 19. The molecule has 0 fully saturated rings. The summed E-state index contributed by atoms with van der Waals surface area (Å²) in [4.78, 5) is 160. The van der Waals surface area contributed by atoms with Crippen LogP contribution in [0.15, 0.2) is 122 Å². The predicted octanol–water partition coefficient (Wildman–Crippen LogP) is 1.81. The van der Waals surface area contributed by atoms with Crippen LogP contribution in [0, 0.1) is 34.0 Å². The molecular formula is C78H107N23O11. The second-order valence-corrected chi connectivity index (χ2v) is 29.2. The van der Waals surface area contributed by atoms with E-state index in [9.17, 15) is 24.3 Å². The molecule has 112 heavy (non-hydrogen) atoms. The number of aromatic nitrogens is 4. The summed E-state index contributed by atoms with van der Waals surface area (Å²) in [5, 5.41) is 68.9. The topological polar surface area (TPSA) is 574 Å². The summed E-state index contributed by atoms with van der Waals surface area (Å²) in [5.74, 6) is -11.0. The highest BCUT2D eigenvalue weighted by Gasteiger charge is 2.39. The second kappa shape index (κ2) is 40.8. The molecule has 4 aromatic heterocycles. The zero-order valence-corrected chi connectivity index (χ0v) is 63.8. The van der Waals surface area contributed by atoms with Crippen molar-refractivity contribution in [2.75, 3.05) is 19.6 Å². The Morgan fingerprint density at radius 3 is 0.964 bits per heavy atom. The van der Waals surface area contributed by atoms with Crippen molar-refractivity contribution in [1.29, 1.82) is 16.2 Å². The van der Waals surface area contributed by atoms with Crippen LogP contribution in [0.3, 0.4) is 0 Å². The fraction of sp³-hybridized carbons (Fsp3) is 0.423. The van der Waals surface area contributed by atoms with Gasteiger partial charge in [0.2, 0.25) is 53.2 Å². The van der Waals surface area contributed by atoms with E-state index in [1.54, 1.807) is 64.6 Å². The Bertz CT molecular complexity index is 4640. The van der Waals surface area contributed by atoms with Crippen LogP contribution in [0.25, 0.3) is 43.6 Å². The molecule has 10 atom stereocenters. The molecule has 8 rings (SSSR count). The van der Waals surface area contributed by atoms with Crippen LogP contribution in [0.4, 0.5) is 0 Å². The summed E-state index contributed by atoms with van der Waals surface area (Å²) in [6.45, 7) is 10.9. The van der Waals surface area contributed by atoms with Gasteiger partial charge < -0.3 is 112 Å². The number of rotatable bonds is 43. The first-order valence-corrected chi connectivity index (χ1v) is 37.6. The highest BCUT2D eigenvalue weighted by molar-refractivity contribution is 6.00. The molecule has 600 valence electrons. The number of nitrogens with two attached hydrogens (primary N) is 4. The fourth-order valence-corrected chi connectivity index (χ4v) is 13.4. The Morgan fingerprint density at radius 1 is 0.357 bits per heavy atom. The number of benzene rings is 4. The van der Waals surface area contributed by atoms with Gasteiger partial charge in [0.05, 0.1) is 6.04 Å². The summed E-state index contributed by atoms with van der Waals surface area (Å²) in [5.41, 5.74) is 28.0. The maximum Gasteiger partial charge on any atom is 0.326 e. The van der Waals surface area contributed by atoms with Gasteiger partial charge in [0.25, 0.3) is 0 Å². The van der Waals surface area contributed by atoms with E-state index < -0.39 is 131 Å². The summed E-state index contributed by atoms with van der Waals surface area (Å²) in [7, 11) is 0. The van der Waals surface area contributed by atoms with E-state index in [1.807, 2.05) is 98.8 Å². The van der Waals surface area contributed by atoms with Crippen molar-refractivity contribution in [3.63, 3.8) is 0 Å². The molecule has 34 nitrogen and oxygen atoms in total. The van der Waals surface area contributed by atoms with Gasteiger partial charge in [-0.2, -0.15) is 0 Å². The molecule has 0 bridgehead atoms. The maximum atomic E-state index is 15.4. The van der Waals surface area contributed by atoms with E-state index in [0.717, 1.165) is 21.8 Å². The van der Waals surface area contributed by atoms with Gasteiger partial charge in [-0.05, 0) is 109 Å². The third-order valence-electron chi connectivity index (χ3n) is 19.3. The normalized spacial score (nSPS) is 14.1. The minimum atomic E-state index is -1.50. The first kappa shape index (κ1) is 85.1. The van der Waals surface area contributed by atoms with Crippen LogP contribution in [-0.4, -0.2) is 182 Å². The molecule has 0 saturated carbocycles. The van der Waals surface area contributed by atoms with E-state index in [-0.39, 0.29) is 108 Å². The van der Waals surface area contributed by atoms with Gasteiger partial charge in [-0.1, -0.05) is 114 Å². The lowest BCUT2D eigenvalue weighted by Crippen LogP contribution is -2.62. The lowest BCUT2D eigenvalue weighted by Gasteiger charge is -2.30. The van der Waals surface area contributed by atoms with E-state index in [2.05, 4.69) is 83.7 Å². The third-order valence-corrected chi connectivity index (χ3v) is 19.3. The maximum absolute atomic E-state index is 15.4. The van der Waals surface area contributed by atoms with Gasteiger partial charge >= 0.3 is 5.97 Å². The number of aromatic amines is 4. The molecule has 0 aliphatic carbocycles. The molecular weight excluding hydrogens is 1440 g/mol. The van der Waals surface area contributed by atoms with Crippen molar-refractivity contribution in [3.8, 4) is 0 Å². The Balaban J connectivity index is 1.07. The Hall–Kier alpha value is -12.5. The number of para-hydroxylation sites is 4. The molecule has 0 saturated heterocycles. The van der Waals surface area contributed by atoms with Crippen LogP contribution < -0.4 is 86.7 Å². The number of H-pyrrole nitrogens is 4. The molecule has 0 unspecified atom stereocenters. The highest BCUT2D eigenvalue weighted by Crippen LogP contribution is 2.25. The molecule has 8 aromatic rings. The number of carbonyl (C=O) groups is 10. The number of hydrogen-bond donors (Lipinski definition) is 24. The summed E-state index contributed by atoms with van der Waals surface area (Å²) in [6.07, 6.45) is 7.04. The van der Waals surface area contributed by atoms with Crippen LogP contribution >= 0.6 is 0 Å². The van der Waals surface area contributed by atoms with Crippen LogP contribution in [-0.2, 0) is 73.6 Å². The quantitative estimate of drug-likeness (QED) is 0.0147. The average molecular weight is 1540 g/mol. The first-order chi connectivity index (χ1) is 53.4. The molecule has 34 heteroatoms. The molecule has 0 radical (unpaired) electrons. The Morgan fingerprint density at radius 2 is 0.625 bits per heavy atom. The Kier molecular flexibility index (Phi) is 31.0. The molecule has 28 N–H and O–H groups in total. The van der Waals surface area contributed by atoms with E-state index in [4.69, 9.17) is 39.2 Å². The van der Waals surface area contributed by atoms with Crippen molar-refractivity contribution >= 4 is 121 Å². The van der Waals surface area contributed by atoms with Gasteiger partial charge in [0, 0.05) is 114 Å². The lowest BCUT2D eigenvalue weighted by atomic mass is 9.97. The Labute approximate surface area is 647 Å². The van der Waals surface area contributed by atoms with Crippen molar-refractivity contribution in [3.05, 3.63) is 144 Å². The van der Waals surface area contributed by atoms with E-state index >= 15 is 28.8 Å². The molecule has 0 spiro atoms. The first-order valence-electron chi connectivity index (χ1n) is 37.6. The molecule has 0 aliphatic heterocycles. The van der Waals surface area contributed by atoms with Crippen molar-refractivity contribution in [2.24, 2.45) is 40.7 Å². The van der Waals surface area contributed by atoms with Crippen LogP contribution in [0.1, 0.15) is 109 Å². The van der Waals surface area contributed by atoms with Crippen molar-refractivity contribution < 1.29 is 53.1 Å². The van der Waals surface area contributed by atoms with E-state index in [1.165, 1.54) is 0 Å². The summed E-state index contributed by atoms with van der Waals surface area (Å²) in [6, 6.07) is 15.5. The SMILES string of the molecule is CC(C)C[C@H](NC(=O)[C@@H](N)CCCNC(=N)N)C(=O)N[C@@H](Cc1c[nH]c2ccccc12)C(=O)N[C@@H](Cc1c[nH]c2ccccc12)C(=O)N[C@H](C(=O)N[C@H](C(=O)N[C@@H](Cc1c[nH]c2ccccc12)C(=O)N[C@@H](Cc1c[nH]c2ccccc12)C(=O)N[C@@H](CCCNC(=N)N)C(=O)N[C@@H](CCCNC(=N)N)C(=O)O)C(C)C)C(C)C. The average Bonchev–Trinajstić information content (AvgIpc) is 1.61. The lowest BCUT2D eigenvalue weighted by molar-refractivity contribution is -0.142. The fourth-order valence-electron chi connectivity index (χ4n) is 13.4. The largest absolute Gasteiger partial charge is 0.480 e. The second-order valence-electron chi connectivity index (χ2n) is 29.2. The number of hydrogen-bond acceptors (Lipinski definition) is 14. The van der Waals surface area contributed by atoms with Crippen molar-refractivity contribution in [2.45, 2.75) is 173 Å². The van der Waals surface area contributed by atoms with Gasteiger partial charge in [-0.25, -0.2) is 4.79 Å². The minimum absolute atomic E-state index is 0.0860.